The van der Waals surface area contributed by atoms with Crippen molar-refractivity contribution in [1.29, 1.82) is 0 Å². The van der Waals surface area contributed by atoms with Gasteiger partial charge in [-0.1, -0.05) is 29.3 Å². The third kappa shape index (κ3) is 3.62. The van der Waals surface area contributed by atoms with E-state index in [2.05, 4.69) is 28.2 Å². The number of amides is 1. The van der Waals surface area contributed by atoms with Gasteiger partial charge in [-0.15, -0.1) is 0 Å². The molecule has 1 amide bonds. The van der Waals surface area contributed by atoms with Crippen LogP contribution in [0.25, 0.3) is 0 Å². The Morgan fingerprint density at radius 3 is 2.95 bits per heavy atom. The largest absolute Gasteiger partial charge is 0.454 e. The van der Waals surface area contributed by atoms with Gasteiger partial charge >= 0.3 is 0 Å². The average Bonchev–Trinajstić information content (AvgIpc) is 2.90. The molecule has 0 saturated heterocycles. The number of fused-ring (bicyclic) bond motifs is 1. The summed E-state index contributed by atoms with van der Waals surface area (Å²) < 4.78 is 10.5. The van der Waals surface area contributed by atoms with Crippen molar-refractivity contribution >= 4 is 21.8 Å². The van der Waals surface area contributed by atoms with Crippen molar-refractivity contribution in [3.05, 3.63) is 23.8 Å². The highest BCUT2D eigenvalue weighted by Gasteiger charge is 2.16. The SMILES string of the molecule is CCC(CCBr)CNC(=O)c1ccc2c(c1)OCO2. The lowest BCUT2D eigenvalue weighted by molar-refractivity contribution is 0.0946. The molecule has 0 aliphatic carbocycles. The van der Waals surface area contributed by atoms with Crippen molar-refractivity contribution in [1.82, 2.24) is 5.32 Å². The predicted molar refractivity (Wildman–Crippen MR) is 77.1 cm³/mol. The van der Waals surface area contributed by atoms with Crippen molar-refractivity contribution in [3.8, 4) is 11.5 Å². The Labute approximate surface area is 121 Å². The zero-order chi connectivity index (χ0) is 13.7. The van der Waals surface area contributed by atoms with Gasteiger partial charge in [-0.3, -0.25) is 4.79 Å². The standard InChI is InChI=1S/C14H18BrNO3/c1-2-10(5-6-15)8-16-14(17)11-3-4-12-13(7-11)19-9-18-12/h3-4,7,10H,2,5-6,8-9H2,1H3,(H,16,17). The number of hydrogen-bond acceptors (Lipinski definition) is 3. The van der Waals surface area contributed by atoms with E-state index in [-0.39, 0.29) is 12.7 Å². The second-order valence-electron chi connectivity index (χ2n) is 4.53. The van der Waals surface area contributed by atoms with Crippen LogP contribution < -0.4 is 14.8 Å². The van der Waals surface area contributed by atoms with Gasteiger partial charge in [0.05, 0.1) is 0 Å². The summed E-state index contributed by atoms with van der Waals surface area (Å²) in [5.74, 6) is 1.78. The Bertz CT molecular complexity index is 450. The lowest BCUT2D eigenvalue weighted by Gasteiger charge is -2.14. The first-order valence-corrected chi connectivity index (χ1v) is 7.60. The zero-order valence-corrected chi connectivity index (χ0v) is 12.5. The highest BCUT2D eigenvalue weighted by atomic mass is 79.9. The maximum atomic E-state index is 12.0. The first kappa shape index (κ1) is 14.2. The van der Waals surface area contributed by atoms with Gasteiger partial charge in [0.2, 0.25) is 6.79 Å². The number of carbonyl (C=O) groups is 1. The zero-order valence-electron chi connectivity index (χ0n) is 10.9. The molecule has 104 valence electrons. The van der Waals surface area contributed by atoms with Crippen LogP contribution in [0.4, 0.5) is 0 Å². The number of rotatable bonds is 6. The van der Waals surface area contributed by atoms with Crippen LogP contribution in [0.3, 0.4) is 0 Å². The van der Waals surface area contributed by atoms with E-state index in [1.165, 1.54) is 0 Å². The van der Waals surface area contributed by atoms with Crippen LogP contribution in [0.1, 0.15) is 30.1 Å². The highest BCUT2D eigenvalue weighted by molar-refractivity contribution is 9.09. The predicted octanol–water partition coefficient (Wildman–Crippen LogP) is 2.96. The molecule has 0 bridgehead atoms. The smallest absolute Gasteiger partial charge is 0.251 e. The van der Waals surface area contributed by atoms with E-state index < -0.39 is 0 Å². The molecule has 0 radical (unpaired) electrons. The number of halogens is 1. The molecule has 1 atom stereocenters. The number of alkyl halides is 1. The van der Waals surface area contributed by atoms with Crippen LogP contribution in [-0.4, -0.2) is 24.6 Å². The summed E-state index contributed by atoms with van der Waals surface area (Å²) in [6.45, 7) is 3.07. The molecule has 4 nitrogen and oxygen atoms in total. The molecule has 0 aromatic heterocycles. The van der Waals surface area contributed by atoms with E-state index >= 15 is 0 Å². The van der Waals surface area contributed by atoms with Gasteiger partial charge in [0, 0.05) is 17.4 Å². The Balaban J connectivity index is 1.92. The van der Waals surface area contributed by atoms with Crippen LogP contribution in [-0.2, 0) is 0 Å². The first-order chi connectivity index (χ1) is 9.24. The van der Waals surface area contributed by atoms with Crippen LogP contribution in [0.2, 0.25) is 0 Å². The van der Waals surface area contributed by atoms with E-state index in [4.69, 9.17) is 9.47 Å². The van der Waals surface area contributed by atoms with Gasteiger partial charge < -0.3 is 14.8 Å². The van der Waals surface area contributed by atoms with Crippen molar-refractivity contribution in [2.24, 2.45) is 5.92 Å². The van der Waals surface area contributed by atoms with Gasteiger partial charge in [-0.25, -0.2) is 0 Å². The minimum Gasteiger partial charge on any atom is -0.454 e. The van der Waals surface area contributed by atoms with Crippen LogP contribution in [0.15, 0.2) is 18.2 Å². The van der Waals surface area contributed by atoms with Crippen LogP contribution in [0, 0.1) is 5.92 Å². The Kier molecular flexibility index (Phi) is 5.07. The van der Waals surface area contributed by atoms with E-state index in [1.807, 2.05) is 0 Å². The molecular weight excluding hydrogens is 310 g/mol. The minimum absolute atomic E-state index is 0.0636. The summed E-state index contributed by atoms with van der Waals surface area (Å²) >= 11 is 3.43. The van der Waals surface area contributed by atoms with Crippen molar-refractivity contribution < 1.29 is 14.3 Å². The highest BCUT2D eigenvalue weighted by Crippen LogP contribution is 2.32. The third-order valence-electron chi connectivity index (χ3n) is 3.28. The van der Waals surface area contributed by atoms with Crippen LogP contribution in [0.5, 0.6) is 11.5 Å². The molecule has 0 fully saturated rings. The molecule has 2 rings (SSSR count). The van der Waals surface area contributed by atoms with Crippen molar-refractivity contribution in [3.63, 3.8) is 0 Å². The Hall–Kier alpha value is -1.23. The maximum absolute atomic E-state index is 12.0. The van der Waals surface area contributed by atoms with E-state index in [1.54, 1.807) is 18.2 Å². The molecule has 1 unspecified atom stereocenters. The van der Waals surface area contributed by atoms with E-state index in [9.17, 15) is 4.79 Å². The number of nitrogens with one attached hydrogen (secondary N) is 1. The molecule has 1 aromatic carbocycles. The van der Waals surface area contributed by atoms with Crippen molar-refractivity contribution in [2.75, 3.05) is 18.7 Å². The second-order valence-corrected chi connectivity index (χ2v) is 5.32. The maximum Gasteiger partial charge on any atom is 0.251 e. The number of ether oxygens (including phenoxy) is 2. The molecule has 1 N–H and O–H groups in total. The fourth-order valence-corrected chi connectivity index (χ4v) is 2.63. The van der Waals surface area contributed by atoms with Gasteiger partial charge in [0.1, 0.15) is 0 Å². The third-order valence-corrected chi connectivity index (χ3v) is 3.74. The fourth-order valence-electron chi connectivity index (χ4n) is 1.98. The van der Waals surface area contributed by atoms with E-state index in [0.29, 0.717) is 29.5 Å². The van der Waals surface area contributed by atoms with Gasteiger partial charge in [0.25, 0.3) is 5.91 Å². The summed E-state index contributed by atoms with van der Waals surface area (Å²) in [7, 11) is 0. The molecule has 1 aromatic rings. The summed E-state index contributed by atoms with van der Waals surface area (Å²) in [4.78, 5) is 12.0. The van der Waals surface area contributed by atoms with Gasteiger partial charge in [-0.2, -0.15) is 0 Å². The molecule has 1 heterocycles. The van der Waals surface area contributed by atoms with Crippen molar-refractivity contribution in [2.45, 2.75) is 19.8 Å². The van der Waals surface area contributed by atoms with Crippen LogP contribution >= 0.6 is 15.9 Å². The lowest BCUT2D eigenvalue weighted by Crippen LogP contribution is -2.29. The summed E-state index contributed by atoms with van der Waals surface area (Å²) in [5, 5.41) is 3.93. The molecular formula is C14H18BrNO3. The molecule has 0 spiro atoms. The molecule has 1 aliphatic heterocycles. The first-order valence-electron chi connectivity index (χ1n) is 6.48. The molecule has 5 heteroatoms. The molecule has 19 heavy (non-hydrogen) atoms. The molecule has 1 aliphatic rings. The van der Waals surface area contributed by atoms with Gasteiger partial charge in [0.15, 0.2) is 11.5 Å². The number of carbonyl (C=O) groups excluding carboxylic acids is 1. The number of hydrogen-bond donors (Lipinski definition) is 1. The second kappa shape index (κ2) is 6.80. The Morgan fingerprint density at radius 1 is 1.42 bits per heavy atom. The minimum atomic E-state index is -0.0636. The lowest BCUT2D eigenvalue weighted by atomic mass is 10.0. The number of benzene rings is 1. The quantitative estimate of drug-likeness (QED) is 0.817. The Morgan fingerprint density at radius 2 is 2.21 bits per heavy atom. The van der Waals surface area contributed by atoms with Gasteiger partial charge in [-0.05, 0) is 30.5 Å². The molecule has 0 saturated carbocycles. The average molecular weight is 328 g/mol. The van der Waals surface area contributed by atoms with E-state index in [0.717, 1.165) is 18.2 Å². The topological polar surface area (TPSA) is 47.6 Å². The monoisotopic (exact) mass is 327 g/mol. The summed E-state index contributed by atoms with van der Waals surface area (Å²) in [6, 6.07) is 5.25. The fraction of sp³-hybridized carbons (Fsp3) is 0.500. The summed E-state index contributed by atoms with van der Waals surface area (Å²) in [6.07, 6.45) is 2.13. The summed E-state index contributed by atoms with van der Waals surface area (Å²) in [5.41, 5.74) is 0.609. The normalized spacial score (nSPS) is 14.2.